The van der Waals surface area contributed by atoms with Crippen molar-refractivity contribution >= 4 is 10.8 Å². The molecule has 1 aliphatic heterocycles. The highest BCUT2D eigenvalue weighted by atomic mass is 19.1. The van der Waals surface area contributed by atoms with Gasteiger partial charge in [-0.05, 0) is 53.8 Å². The smallest absolute Gasteiger partial charge is 0.206 e. The van der Waals surface area contributed by atoms with Crippen molar-refractivity contribution in [2.75, 3.05) is 0 Å². The van der Waals surface area contributed by atoms with Gasteiger partial charge in [0.1, 0.15) is 5.82 Å². The van der Waals surface area contributed by atoms with E-state index in [2.05, 4.69) is 69.6 Å². The van der Waals surface area contributed by atoms with E-state index in [4.69, 9.17) is 0 Å². The van der Waals surface area contributed by atoms with Crippen LogP contribution < -0.4 is 4.57 Å². The molecule has 0 spiro atoms. The SMILES string of the molecule is CCCCc1cc2c3c4[n+](ccc3c1)C(CC)(CC)CCc1cc(C)c(F)c(c1-4)C2(C)C. The highest BCUT2D eigenvalue weighted by molar-refractivity contribution is 6.01. The molecule has 0 saturated heterocycles. The molecule has 2 aliphatic rings. The normalized spacial score (nSPS) is 17.5. The molecular formula is C30H37FN+. The molecule has 3 aromatic rings. The molecule has 0 amide bonds. The number of hydrogen-bond donors (Lipinski definition) is 0. The molecule has 0 saturated carbocycles. The summed E-state index contributed by atoms with van der Waals surface area (Å²) in [7, 11) is 0. The van der Waals surface area contributed by atoms with Crippen LogP contribution in [0.3, 0.4) is 0 Å². The topological polar surface area (TPSA) is 3.88 Å². The number of rotatable bonds is 5. The van der Waals surface area contributed by atoms with Gasteiger partial charge in [-0.2, -0.15) is 4.57 Å². The number of nitrogens with zero attached hydrogens (tertiary/aromatic N) is 1. The Kier molecular flexibility index (Phi) is 5.00. The maximum Gasteiger partial charge on any atom is 0.221 e. The lowest BCUT2D eigenvalue weighted by Crippen LogP contribution is -2.57. The molecule has 0 fully saturated rings. The van der Waals surface area contributed by atoms with Gasteiger partial charge in [0, 0.05) is 36.3 Å². The maximum atomic E-state index is 16.0. The molecule has 1 aliphatic carbocycles. The van der Waals surface area contributed by atoms with Crippen molar-refractivity contribution in [2.45, 2.75) is 97.4 Å². The second-order valence-electron chi connectivity index (χ2n) is 10.7. The van der Waals surface area contributed by atoms with E-state index in [1.165, 1.54) is 51.6 Å². The minimum Gasteiger partial charge on any atom is -0.206 e. The van der Waals surface area contributed by atoms with Crippen molar-refractivity contribution in [2.24, 2.45) is 0 Å². The first-order valence-electron chi connectivity index (χ1n) is 12.6. The maximum absolute atomic E-state index is 16.0. The number of benzene rings is 2. The average molecular weight is 431 g/mol. The highest BCUT2D eigenvalue weighted by Crippen LogP contribution is 2.52. The second-order valence-corrected chi connectivity index (χ2v) is 10.7. The summed E-state index contributed by atoms with van der Waals surface area (Å²) in [5, 5.41) is 2.66. The molecule has 2 heteroatoms. The Balaban J connectivity index is 1.99. The molecule has 1 nitrogen and oxygen atoms in total. The number of halogens is 1. The first-order valence-corrected chi connectivity index (χ1v) is 12.6. The minimum atomic E-state index is -0.363. The van der Waals surface area contributed by atoms with Gasteiger partial charge in [0.2, 0.25) is 5.69 Å². The lowest BCUT2D eigenvalue weighted by atomic mass is 9.67. The van der Waals surface area contributed by atoms with Crippen LogP contribution in [0.5, 0.6) is 0 Å². The fraction of sp³-hybridized carbons (Fsp3) is 0.500. The van der Waals surface area contributed by atoms with Crippen LogP contribution in [0.1, 0.15) is 94.5 Å². The van der Waals surface area contributed by atoms with Crippen LogP contribution in [0.2, 0.25) is 0 Å². The van der Waals surface area contributed by atoms with Crippen LogP contribution in [0.15, 0.2) is 30.5 Å². The van der Waals surface area contributed by atoms with E-state index in [1.807, 2.05) is 6.92 Å². The van der Waals surface area contributed by atoms with Gasteiger partial charge in [0.15, 0.2) is 11.7 Å². The van der Waals surface area contributed by atoms with Gasteiger partial charge in [-0.3, -0.25) is 0 Å². The molecule has 0 atom stereocenters. The van der Waals surface area contributed by atoms with Crippen LogP contribution >= 0.6 is 0 Å². The van der Waals surface area contributed by atoms with Gasteiger partial charge in [-0.15, -0.1) is 0 Å². The Labute approximate surface area is 192 Å². The number of pyridine rings is 1. The van der Waals surface area contributed by atoms with Crippen molar-refractivity contribution in [1.82, 2.24) is 0 Å². The molecule has 1 aromatic heterocycles. The summed E-state index contributed by atoms with van der Waals surface area (Å²) < 4.78 is 18.5. The molecule has 2 heterocycles. The van der Waals surface area contributed by atoms with Crippen LogP contribution in [0.4, 0.5) is 4.39 Å². The zero-order valence-corrected chi connectivity index (χ0v) is 20.7. The van der Waals surface area contributed by atoms with E-state index in [-0.39, 0.29) is 16.8 Å². The predicted molar refractivity (Wildman–Crippen MR) is 132 cm³/mol. The van der Waals surface area contributed by atoms with Gasteiger partial charge >= 0.3 is 0 Å². The summed E-state index contributed by atoms with van der Waals surface area (Å²) in [6.07, 6.45) is 10.1. The molecule has 5 rings (SSSR count). The number of unbranched alkanes of at least 4 members (excludes halogenated alkanes) is 1. The molecule has 2 aromatic carbocycles. The third-order valence-corrected chi connectivity index (χ3v) is 8.68. The fourth-order valence-electron chi connectivity index (χ4n) is 6.62. The van der Waals surface area contributed by atoms with Crippen molar-refractivity contribution in [3.63, 3.8) is 0 Å². The van der Waals surface area contributed by atoms with Crippen LogP contribution in [0.25, 0.3) is 22.0 Å². The lowest BCUT2D eigenvalue weighted by molar-refractivity contribution is -0.756. The summed E-state index contributed by atoms with van der Waals surface area (Å²) in [4.78, 5) is 0. The fourth-order valence-corrected chi connectivity index (χ4v) is 6.62. The Hall–Kier alpha value is -2.22. The van der Waals surface area contributed by atoms with Gasteiger partial charge < -0.3 is 0 Å². The summed E-state index contributed by atoms with van der Waals surface area (Å²) in [6, 6.07) is 9.25. The third kappa shape index (κ3) is 2.77. The van der Waals surface area contributed by atoms with Gasteiger partial charge in [-0.1, -0.05) is 59.2 Å². The first-order chi connectivity index (χ1) is 15.3. The zero-order valence-electron chi connectivity index (χ0n) is 20.7. The average Bonchev–Trinajstić information content (AvgIpc) is 2.92. The van der Waals surface area contributed by atoms with Gasteiger partial charge in [0.05, 0.1) is 10.9 Å². The van der Waals surface area contributed by atoms with Crippen molar-refractivity contribution in [3.8, 4) is 11.3 Å². The van der Waals surface area contributed by atoms with E-state index in [1.54, 1.807) is 0 Å². The third-order valence-electron chi connectivity index (χ3n) is 8.68. The first kappa shape index (κ1) is 21.6. The molecule has 0 radical (unpaired) electrons. The predicted octanol–water partition coefficient (Wildman–Crippen LogP) is 7.69. The molecule has 168 valence electrons. The molecule has 0 unspecified atom stereocenters. The van der Waals surface area contributed by atoms with Crippen LogP contribution in [0, 0.1) is 12.7 Å². The van der Waals surface area contributed by atoms with Crippen molar-refractivity contribution in [1.29, 1.82) is 0 Å². The highest BCUT2D eigenvalue weighted by Gasteiger charge is 2.48. The van der Waals surface area contributed by atoms with E-state index in [9.17, 15) is 0 Å². The van der Waals surface area contributed by atoms with Gasteiger partial charge in [0.25, 0.3) is 0 Å². The summed E-state index contributed by atoms with van der Waals surface area (Å²) >= 11 is 0. The number of aromatic nitrogens is 1. The van der Waals surface area contributed by atoms with E-state index < -0.39 is 0 Å². The monoisotopic (exact) mass is 430 g/mol. The molecule has 0 N–H and O–H groups in total. The van der Waals surface area contributed by atoms with E-state index >= 15 is 4.39 Å². The van der Waals surface area contributed by atoms with Crippen molar-refractivity contribution in [3.05, 3.63) is 64.1 Å². The standard InChI is InChI=1S/C30H37FN/c1-7-10-11-20-17-22-13-15-32-28-24(22)23(18-20)29(5,6)26-25(28)21(16-19(4)27(26)31)12-14-30(32,8-2)9-3/h13,15-18H,7-12,14H2,1-6H3/q+1. The number of hydrogen-bond acceptors (Lipinski definition) is 0. The van der Waals surface area contributed by atoms with Gasteiger partial charge in [-0.25, -0.2) is 4.39 Å². The zero-order chi connectivity index (χ0) is 22.8. The Morgan fingerprint density at radius 2 is 1.81 bits per heavy atom. The second kappa shape index (κ2) is 7.40. The number of aryl methyl sites for hydroxylation is 3. The molecule has 0 bridgehead atoms. The Bertz CT molecular complexity index is 1230. The summed E-state index contributed by atoms with van der Waals surface area (Å²) in [6.45, 7) is 13.3. The van der Waals surface area contributed by atoms with E-state index in [0.717, 1.165) is 43.2 Å². The lowest BCUT2D eigenvalue weighted by Gasteiger charge is -2.36. The van der Waals surface area contributed by atoms with Crippen LogP contribution in [-0.2, 0) is 23.8 Å². The van der Waals surface area contributed by atoms with E-state index in [0.29, 0.717) is 0 Å². The molecular weight excluding hydrogens is 393 g/mol. The molecule has 32 heavy (non-hydrogen) atoms. The largest absolute Gasteiger partial charge is 0.221 e. The summed E-state index contributed by atoms with van der Waals surface area (Å²) in [5.74, 6) is -0.0117. The Morgan fingerprint density at radius 3 is 2.50 bits per heavy atom. The minimum absolute atomic E-state index is 0.0117. The quantitative estimate of drug-likeness (QED) is 0.365. The summed E-state index contributed by atoms with van der Waals surface area (Å²) in [5.41, 5.74) is 7.88. The van der Waals surface area contributed by atoms with Crippen LogP contribution in [-0.4, -0.2) is 0 Å². The Morgan fingerprint density at radius 1 is 1.06 bits per heavy atom. The van der Waals surface area contributed by atoms with Crippen molar-refractivity contribution < 1.29 is 8.96 Å².